The highest BCUT2D eigenvalue weighted by atomic mass is 127. The Kier molecular flexibility index (Phi) is 9.66. The quantitative estimate of drug-likeness (QED) is 0.314. The van der Waals surface area contributed by atoms with Crippen LogP contribution in [0.15, 0.2) is 4.99 Å². The maximum atomic E-state index is 6.07. The number of likely N-dealkylation sites (N-methyl/N-ethyl adjacent to an activating group) is 1. The molecule has 1 unspecified atom stereocenters. The lowest BCUT2D eigenvalue weighted by Crippen LogP contribution is -2.49. The van der Waals surface area contributed by atoms with Gasteiger partial charge in [0.2, 0.25) is 0 Å². The number of rotatable bonds is 4. The minimum Gasteiger partial charge on any atom is -0.370 e. The summed E-state index contributed by atoms with van der Waals surface area (Å²) in [5, 5.41) is 3.43. The largest absolute Gasteiger partial charge is 0.370 e. The van der Waals surface area contributed by atoms with Crippen molar-refractivity contribution >= 4 is 29.9 Å². The summed E-state index contributed by atoms with van der Waals surface area (Å²) in [6.07, 6.45) is 7.87. The Hall–Kier alpha value is -0.0800. The molecule has 1 aliphatic carbocycles. The van der Waals surface area contributed by atoms with Crippen molar-refractivity contribution in [2.75, 3.05) is 39.8 Å². The molecule has 2 fully saturated rings. The van der Waals surface area contributed by atoms with Crippen LogP contribution in [0.25, 0.3) is 0 Å². The second-order valence-electron chi connectivity index (χ2n) is 6.75. The molecule has 0 bridgehead atoms. The summed E-state index contributed by atoms with van der Waals surface area (Å²) in [7, 11) is 2.19. The number of aliphatic imine (C=N–C) groups is 1. The SMILES string of the molecule is CC(CN=C(N)NC1CCCCCC1)N1CCN(C)CC1.I. The molecule has 6 heteroatoms. The van der Waals surface area contributed by atoms with E-state index in [2.05, 4.69) is 34.1 Å². The molecule has 0 aromatic rings. The fourth-order valence-electron chi connectivity index (χ4n) is 3.29. The maximum absolute atomic E-state index is 6.07. The third-order valence-corrected chi connectivity index (χ3v) is 4.89. The van der Waals surface area contributed by atoms with Crippen LogP contribution in [0.2, 0.25) is 0 Å². The second-order valence-corrected chi connectivity index (χ2v) is 6.75. The van der Waals surface area contributed by atoms with E-state index in [0.717, 1.165) is 32.7 Å². The van der Waals surface area contributed by atoms with Gasteiger partial charge in [-0.05, 0) is 26.8 Å². The van der Waals surface area contributed by atoms with Gasteiger partial charge in [-0.3, -0.25) is 9.89 Å². The normalized spacial score (nSPS) is 24.4. The van der Waals surface area contributed by atoms with Gasteiger partial charge < -0.3 is 16.0 Å². The molecule has 1 aliphatic heterocycles. The molecule has 0 aromatic carbocycles. The fraction of sp³-hybridized carbons (Fsp3) is 0.938. The third-order valence-electron chi connectivity index (χ3n) is 4.89. The van der Waals surface area contributed by atoms with Gasteiger partial charge in [-0.25, -0.2) is 0 Å². The average molecular weight is 423 g/mol. The highest BCUT2D eigenvalue weighted by molar-refractivity contribution is 14.0. The number of piperazine rings is 1. The van der Waals surface area contributed by atoms with Crippen molar-refractivity contribution in [2.24, 2.45) is 10.7 Å². The Morgan fingerprint density at radius 1 is 1.14 bits per heavy atom. The van der Waals surface area contributed by atoms with Gasteiger partial charge in [0.15, 0.2) is 5.96 Å². The van der Waals surface area contributed by atoms with Gasteiger partial charge in [0.05, 0.1) is 6.54 Å². The van der Waals surface area contributed by atoms with Crippen LogP contribution in [-0.4, -0.2) is 67.6 Å². The van der Waals surface area contributed by atoms with Gasteiger partial charge in [-0.1, -0.05) is 25.7 Å². The highest BCUT2D eigenvalue weighted by Gasteiger charge is 2.19. The lowest BCUT2D eigenvalue weighted by molar-refractivity contribution is 0.122. The smallest absolute Gasteiger partial charge is 0.188 e. The zero-order valence-electron chi connectivity index (χ0n) is 14.3. The zero-order valence-corrected chi connectivity index (χ0v) is 16.6. The van der Waals surface area contributed by atoms with Gasteiger partial charge in [-0.2, -0.15) is 0 Å². The Balaban J connectivity index is 0.00000242. The first-order valence-electron chi connectivity index (χ1n) is 8.64. The van der Waals surface area contributed by atoms with Crippen molar-refractivity contribution in [1.82, 2.24) is 15.1 Å². The monoisotopic (exact) mass is 423 g/mol. The predicted molar refractivity (Wildman–Crippen MR) is 105 cm³/mol. The molecule has 1 saturated heterocycles. The van der Waals surface area contributed by atoms with Gasteiger partial charge >= 0.3 is 0 Å². The molecule has 1 heterocycles. The lowest BCUT2D eigenvalue weighted by atomic mass is 10.1. The Labute approximate surface area is 153 Å². The molecule has 5 nitrogen and oxygen atoms in total. The number of nitrogens with two attached hydrogens (primary N) is 1. The van der Waals surface area contributed by atoms with Crippen molar-refractivity contribution in [1.29, 1.82) is 0 Å². The molecular weight excluding hydrogens is 389 g/mol. The van der Waals surface area contributed by atoms with Gasteiger partial charge in [0.1, 0.15) is 0 Å². The molecule has 0 radical (unpaired) electrons. The minimum atomic E-state index is 0. The first kappa shape index (κ1) is 20.0. The maximum Gasteiger partial charge on any atom is 0.188 e. The van der Waals surface area contributed by atoms with Crippen molar-refractivity contribution in [3.63, 3.8) is 0 Å². The summed E-state index contributed by atoms with van der Waals surface area (Å²) < 4.78 is 0. The van der Waals surface area contributed by atoms with Gasteiger partial charge in [0.25, 0.3) is 0 Å². The van der Waals surface area contributed by atoms with Crippen molar-refractivity contribution in [3.8, 4) is 0 Å². The molecule has 0 aromatic heterocycles. The second kappa shape index (κ2) is 10.6. The van der Waals surface area contributed by atoms with E-state index in [1.165, 1.54) is 38.5 Å². The molecule has 0 amide bonds. The molecular formula is C16H34IN5. The Morgan fingerprint density at radius 3 is 2.32 bits per heavy atom. The summed E-state index contributed by atoms with van der Waals surface area (Å²) in [6.45, 7) is 7.66. The predicted octanol–water partition coefficient (Wildman–Crippen LogP) is 1.87. The van der Waals surface area contributed by atoms with E-state index in [0.29, 0.717) is 18.0 Å². The average Bonchev–Trinajstić information content (AvgIpc) is 2.74. The van der Waals surface area contributed by atoms with Crippen LogP contribution < -0.4 is 11.1 Å². The molecule has 2 aliphatic rings. The van der Waals surface area contributed by atoms with Gasteiger partial charge in [-0.15, -0.1) is 24.0 Å². The standard InChI is InChI=1S/C16H33N5.HI/c1-14(21-11-9-20(2)10-12-21)13-18-16(17)19-15-7-5-3-4-6-8-15;/h14-15H,3-13H2,1-2H3,(H3,17,18,19);1H. The number of halogens is 1. The van der Waals surface area contributed by atoms with Crippen LogP contribution >= 0.6 is 24.0 Å². The summed E-state index contributed by atoms with van der Waals surface area (Å²) in [6, 6.07) is 1.02. The van der Waals surface area contributed by atoms with E-state index in [9.17, 15) is 0 Å². The molecule has 130 valence electrons. The van der Waals surface area contributed by atoms with Crippen LogP contribution in [0.5, 0.6) is 0 Å². The van der Waals surface area contributed by atoms with Gasteiger partial charge in [0, 0.05) is 38.3 Å². The van der Waals surface area contributed by atoms with E-state index in [1.807, 2.05) is 0 Å². The highest BCUT2D eigenvalue weighted by Crippen LogP contribution is 2.16. The number of nitrogens with zero attached hydrogens (tertiary/aromatic N) is 3. The Morgan fingerprint density at radius 2 is 1.73 bits per heavy atom. The number of hydrogen-bond acceptors (Lipinski definition) is 3. The first-order chi connectivity index (χ1) is 10.1. The third kappa shape index (κ3) is 7.00. The Bertz CT molecular complexity index is 320. The molecule has 2 rings (SSSR count). The summed E-state index contributed by atoms with van der Waals surface area (Å²) in [5.74, 6) is 0.642. The van der Waals surface area contributed by atoms with E-state index < -0.39 is 0 Å². The van der Waals surface area contributed by atoms with E-state index in [1.54, 1.807) is 0 Å². The topological polar surface area (TPSA) is 56.9 Å². The van der Waals surface area contributed by atoms with Crippen molar-refractivity contribution in [3.05, 3.63) is 0 Å². The molecule has 1 saturated carbocycles. The van der Waals surface area contributed by atoms with E-state index in [-0.39, 0.29) is 24.0 Å². The molecule has 1 atom stereocenters. The summed E-state index contributed by atoms with van der Waals surface area (Å²) in [5.41, 5.74) is 6.07. The van der Waals surface area contributed by atoms with E-state index >= 15 is 0 Å². The molecule has 22 heavy (non-hydrogen) atoms. The number of hydrogen-bond donors (Lipinski definition) is 2. The molecule has 0 spiro atoms. The lowest BCUT2D eigenvalue weighted by Gasteiger charge is -2.35. The minimum absolute atomic E-state index is 0. The first-order valence-corrected chi connectivity index (χ1v) is 8.64. The number of nitrogens with one attached hydrogen (secondary N) is 1. The fourth-order valence-corrected chi connectivity index (χ4v) is 3.29. The van der Waals surface area contributed by atoms with Crippen molar-refractivity contribution < 1.29 is 0 Å². The van der Waals surface area contributed by atoms with Crippen LogP contribution in [0.1, 0.15) is 45.4 Å². The summed E-state index contributed by atoms with van der Waals surface area (Å²) >= 11 is 0. The van der Waals surface area contributed by atoms with E-state index in [4.69, 9.17) is 5.73 Å². The van der Waals surface area contributed by atoms with Crippen LogP contribution in [0.3, 0.4) is 0 Å². The van der Waals surface area contributed by atoms with Crippen LogP contribution in [-0.2, 0) is 0 Å². The van der Waals surface area contributed by atoms with Crippen LogP contribution in [0.4, 0.5) is 0 Å². The number of guanidine groups is 1. The van der Waals surface area contributed by atoms with Crippen LogP contribution in [0, 0.1) is 0 Å². The van der Waals surface area contributed by atoms with Crippen molar-refractivity contribution in [2.45, 2.75) is 57.5 Å². The molecule has 3 N–H and O–H groups in total. The summed E-state index contributed by atoms with van der Waals surface area (Å²) in [4.78, 5) is 9.47. The zero-order chi connectivity index (χ0) is 15.1.